The lowest BCUT2D eigenvalue weighted by Gasteiger charge is -2.02. The van der Waals surface area contributed by atoms with Crippen LogP contribution in [0.5, 0.6) is 0 Å². The summed E-state index contributed by atoms with van der Waals surface area (Å²) in [7, 11) is 3.29. The first-order valence-corrected chi connectivity index (χ1v) is 4.38. The van der Waals surface area contributed by atoms with Gasteiger partial charge < -0.3 is 14.6 Å². The molecule has 0 heterocycles. The molecular formula is C9H22O3. The molecule has 0 aromatic heterocycles. The molecule has 3 nitrogen and oxygen atoms in total. The Morgan fingerprint density at radius 2 is 1.75 bits per heavy atom. The molecule has 0 aliphatic carbocycles. The number of aliphatic hydroxyl groups excluding tert-OH is 1. The Morgan fingerprint density at radius 1 is 1.17 bits per heavy atom. The molecule has 3 heteroatoms. The van der Waals surface area contributed by atoms with Crippen LogP contribution in [0, 0.1) is 0 Å². The maximum Gasteiger partial charge on any atom is 0.0770 e. The lowest BCUT2D eigenvalue weighted by Crippen LogP contribution is -2.11. The molecule has 0 rings (SSSR count). The lowest BCUT2D eigenvalue weighted by molar-refractivity contribution is 0.0625. The van der Waals surface area contributed by atoms with Gasteiger partial charge in [-0.1, -0.05) is 13.8 Å². The molecule has 0 aromatic rings. The Bertz CT molecular complexity index is 64.8. The highest BCUT2D eigenvalue weighted by molar-refractivity contribution is 4.45. The van der Waals surface area contributed by atoms with Crippen molar-refractivity contribution in [3.63, 3.8) is 0 Å². The van der Waals surface area contributed by atoms with Crippen molar-refractivity contribution in [3.8, 4) is 0 Å². The topological polar surface area (TPSA) is 38.7 Å². The van der Waals surface area contributed by atoms with Crippen molar-refractivity contribution in [3.05, 3.63) is 0 Å². The Hall–Kier alpha value is -0.120. The number of methoxy groups -OCH3 is 2. The van der Waals surface area contributed by atoms with Gasteiger partial charge in [0.05, 0.1) is 12.7 Å². The van der Waals surface area contributed by atoms with Gasteiger partial charge in [-0.15, -0.1) is 0 Å². The van der Waals surface area contributed by atoms with Crippen LogP contribution in [0.4, 0.5) is 0 Å². The maximum atomic E-state index is 8.73. The monoisotopic (exact) mass is 178 g/mol. The molecular weight excluding hydrogens is 156 g/mol. The number of hydrogen-bond donors (Lipinski definition) is 1. The number of ether oxygens (including phenoxy) is 2. The molecule has 1 N–H and O–H groups in total. The van der Waals surface area contributed by atoms with E-state index < -0.39 is 0 Å². The van der Waals surface area contributed by atoms with Crippen LogP contribution in [0.15, 0.2) is 0 Å². The van der Waals surface area contributed by atoms with Crippen molar-refractivity contribution in [2.75, 3.05) is 27.4 Å². The average Bonchev–Trinajstić information content (AvgIpc) is 2.07. The Labute approximate surface area is 75.7 Å². The molecule has 0 saturated heterocycles. The van der Waals surface area contributed by atoms with Crippen molar-refractivity contribution in [1.82, 2.24) is 0 Å². The molecule has 1 atom stereocenters. The van der Waals surface area contributed by atoms with E-state index in [1.54, 1.807) is 14.2 Å². The van der Waals surface area contributed by atoms with Gasteiger partial charge in [-0.2, -0.15) is 0 Å². The largest absolute Gasteiger partial charge is 0.391 e. The first kappa shape index (κ1) is 14.4. The molecule has 0 spiro atoms. The molecule has 0 aliphatic rings. The molecule has 0 bridgehead atoms. The third-order valence-electron chi connectivity index (χ3n) is 1.24. The van der Waals surface area contributed by atoms with E-state index in [0.717, 1.165) is 19.4 Å². The molecule has 0 aliphatic heterocycles. The second kappa shape index (κ2) is 13.5. The highest BCUT2D eigenvalue weighted by atomic mass is 16.5. The molecule has 1 unspecified atom stereocenters. The zero-order chi connectivity index (χ0) is 9.82. The standard InChI is InChI=1S/C5H12O2.C4H10O/c1-3-5(6)4-7-2;1-3-4-5-2/h5-6H,3-4H2,1-2H3;3-4H2,1-2H3. The summed E-state index contributed by atoms with van der Waals surface area (Å²) in [5, 5.41) is 8.73. The first-order valence-electron chi connectivity index (χ1n) is 4.38. The van der Waals surface area contributed by atoms with Gasteiger partial charge in [0.25, 0.3) is 0 Å². The van der Waals surface area contributed by atoms with Crippen LogP contribution in [-0.2, 0) is 9.47 Å². The van der Waals surface area contributed by atoms with E-state index in [-0.39, 0.29) is 6.10 Å². The zero-order valence-corrected chi connectivity index (χ0v) is 8.67. The van der Waals surface area contributed by atoms with Gasteiger partial charge in [-0.05, 0) is 12.8 Å². The predicted octanol–water partition coefficient (Wildman–Crippen LogP) is 1.45. The summed E-state index contributed by atoms with van der Waals surface area (Å²) in [6.07, 6.45) is 1.62. The molecule has 0 amide bonds. The normalized spacial score (nSPS) is 11.8. The van der Waals surface area contributed by atoms with Gasteiger partial charge in [0.1, 0.15) is 0 Å². The maximum absolute atomic E-state index is 8.73. The Morgan fingerprint density at radius 3 is 1.83 bits per heavy atom. The quantitative estimate of drug-likeness (QED) is 0.692. The van der Waals surface area contributed by atoms with Crippen molar-refractivity contribution < 1.29 is 14.6 Å². The fraction of sp³-hybridized carbons (Fsp3) is 1.00. The predicted molar refractivity (Wildman–Crippen MR) is 50.3 cm³/mol. The fourth-order valence-electron chi connectivity index (χ4n) is 0.514. The van der Waals surface area contributed by atoms with Crippen LogP contribution in [0.2, 0.25) is 0 Å². The minimum atomic E-state index is -0.273. The van der Waals surface area contributed by atoms with Gasteiger partial charge in [-0.3, -0.25) is 0 Å². The van der Waals surface area contributed by atoms with Crippen molar-refractivity contribution in [1.29, 1.82) is 0 Å². The van der Waals surface area contributed by atoms with Crippen molar-refractivity contribution in [2.45, 2.75) is 32.8 Å². The molecule has 0 fully saturated rings. The minimum absolute atomic E-state index is 0.273. The van der Waals surface area contributed by atoms with Gasteiger partial charge in [-0.25, -0.2) is 0 Å². The molecule has 0 radical (unpaired) electrons. The van der Waals surface area contributed by atoms with Gasteiger partial charge >= 0.3 is 0 Å². The van der Waals surface area contributed by atoms with E-state index in [2.05, 4.69) is 11.7 Å². The SMILES string of the molecule is CCC(O)COC.CCCOC. The summed E-state index contributed by atoms with van der Waals surface area (Å²) < 4.78 is 9.34. The van der Waals surface area contributed by atoms with E-state index in [4.69, 9.17) is 9.84 Å². The number of aliphatic hydroxyl groups is 1. The van der Waals surface area contributed by atoms with E-state index in [0.29, 0.717) is 6.61 Å². The van der Waals surface area contributed by atoms with Gasteiger partial charge in [0, 0.05) is 20.8 Å². The summed E-state index contributed by atoms with van der Waals surface area (Å²) in [5.74, 6) is 0. The van der Waals surface area contributed by atoms with Crippen LogP contribution in [0.1, 0.15) is 26.7 Å². The third-order valence-corrected chi connectivity index (χ3v) is 1.24. The smallest absolute Gasteiger partial charge is 0.0770 e. The van der Waals surface area contributed by atoms with Crippen molar-refractivity contribution >= 4 is 0 Å². The molecule has 0 saturated carbocycles. The highest BCUT2D eigenvalue weighted by Crippen LogP contribution is 1.87. The van der Waals surface area contributed by atoms with E-state index >= 15 is 0 Å². The summed E-state index contributed by atoms with van der Waals surface area (Å²) in [6.45, 7) is 5.35. The fourth-order valence-corrected chi connectivity index (χ4v) is 0.514. The highest BCUT2D eigenvalue weighted by Gasteiger charge is 1.95. The number of rotatable bonds is 5. The van der Waals surface area contributed by atoms with E-state index in [9.17, 15) is 0 Å². The van der Waals surface area contributed by atoms with Crippen LogP contribution in [-0.4, -0.2) is 38.6 Å². The van der Waals surface area contributed by atoms with Crippen LogP contribution >= 0.6 is 0 Å². The third kappa shape index (κ3) is 16.5. The second-order valence-electron chi connectivity index (χ2n) is 2.51. The molecule has 12 heavy (non-hydrogen) atoms. The van der Waals surface area contributed by atoms with E-state index in [1.807, 2.05) is 6.92 Å². The van der Waals surface area contributed by atoms with E-state index in [1.165, 1.54) is 0 Å². The van der Waals surface area contributed by atoms with Gasteiger partial charge in [0.15, 0.2) is 0 Å². The van der Waals surface area contributed by atoms with Crippen LogP contribution in [0.25, 0.3) is 0 Å². The summed E-state index contributed by atoms with van der Waals surface area (Å²) >= 11 is 0. The molecule has 76 valence electrons. The Kier molecular flexibility index (Phi) is 16.2. The van der Waals surface area contributed by atoms with Crippen molar-refractivity contribution in [2.24, 2.45) is 0 Å². The zero-order valence-electron chi connectivity index (χ0n) is 8.67. The average molecular weight is 178 g/mol. The second-order valence-corrected chi connectivity index (χ2v) is 2.51. The van der Waals surface area contributed by atoms with Crippen LogP contribution in [0.3, 0.4) is 0 Å². The number of hydrogen-bond acceptors (Lipinski definition) is 3. The molecule has 0 aromatic carbocycles. The first-order chi connectivity index (χ1) is 5.72. The summed E-state index contributed by atoms with van der Waals surface area (Å²) in [6, 6.07) is 0. The minimum Gasteiger partial charge on any atom is -0.391 e. The Balaban J connectivity index is 0. The summed E-state index contributed by atoms with van der Waals surface area (Å²) in [4.78, 5) is 0. The summed E-state index contributed by atoms with van der Waals surface area (Å²) in [5.41, 5.74) is 0. The van der Waals surface area contributed by atoms with Crippen LogP contribution < -0.4 is 0 Å². The van der Waals surface area contributed by atoms with Gasteiger partial charge in [0.2, 0.25) is 0 Å². The lowest BCUT2D eigenvalue weighted by atomic mass is 10.3.